The first-order valence-corrected chi connectivity index (χ1v) is 9.99. The van der Waals surface area contributed by atoms with E-state index in [4.69, 9.17) is 14.5 Å². The number of nitrogens with zero attached hydrogens (tertiary/aromatic N) is 2. The molecule has 1 aromatic carbocycles. The number of fused-ring (bicyclic) bond motifs is 1. The van der Waals surface area contributed by atoms with E-state index in [0.29, 0.717) is 19.4 Å². The third kappa shape index (κ3) is 4.06. The van der Waals surface area contributed by atoms with Gasteiger partial charge in [-0.1, -0.05) is 18.9 Å². The van der Waals surface area contributed by atoms with Crippen LogP contribution >= 0.6 is 0 Å². The van der Waals surface area contributed by atoms with Gasteiger partial charge in [-0.05, 0) is 43.9 Å². The summed E-state index contributed by atoms with van der Waals surface area (Å²) in [5.41, 5.74) is 1.13. The Kier molecular flexibility index (Phi) is 5.48. The number of rotatable bonds is 5. The Labute approximate surface area is 156 Å². The molecule has 0 radical (unpaired) electrons. The number of hydrogen-bond donors (Lipinski definition) is 2. The number of nitrogens with one attached hydrogen (secondary N) is 2. The Hall–Kier alpha value is -1.95. The molecule has 1 saturated carbocycles. The van der Waals surface area contributed by atoms with Crippen molar-refractivity contribution >= 4 is 5.96 Å². The first-order chi connectivity index (χ1) is 12.8. The average Bonchev–Trinajstić information content (AvgIpc) is 3.39. The lowest BCUT2D eigenvalue weighted by Gasteiger charge is -2.24. The van der Waals surface area contributed by atoms with E-state index in [1.165, 1.54) is 38.6 Å². The van der Waals surface area contributed by atoms with Gasteiger partial charge in [0.15, 0.2) is 17.5 Å². The third-order valence-electron chi connectivity index (χ3n) is 5.60. The molecule has 3 aliphatic rings. The zero-order valence-electron chi connectivity index (χ0n) is 15.7. The van der Waals surface area contributed by atoms with E-state index in [0.717, 1.165) is 42.2 Å². The number of benzene rings is 1. The van der Waals surface area contributed by atoms with Crippen LogP contribution in [0, 0.1) is 0 Å². The van der Waals surface area contributed by atoms with E-state index in [2.05, 4.69) is 28.5 Å². The van der Waals surface area contributed by atoms with Crippen LogP contribution in [0.2, 0.25) is 0 Å². The zero-order valence-corrected chi connectivity index (χ0v) is 15.7. The number of hydrogen-bond acceptors (Lipinski definition) is 4. The van der Waals surface area contributed by atoms with Crippen molar-refractivity contribution in [3.63, 3.8) is 0 Å². The van der Waals surface area contributed by atoms with Gasteiger partial charge in [-0.2, -0.15) is 0 Å². The molecule has 142 valence electrons. The number of guanidine groups is 1. The fraction of sp³-hybridized carbons (Fsp3) is 0.650. The average molecular weight is 358 g/mol. The lowest BCUT2D eigenvalue weighted by Crippen LogP contribution is -2.45. The predicted molar refractivity (Wildman–Crippen MR) is 103 cm³/mol. The van der Waals surface area contributed by atoms with Gasteiger partial charge in [0.25, 0.3) is 0 Å². The minimum Gasteiger partial charge on any atom is -0.454 e. The molecule has 2 N–H and O–H groups in total. The van der Waals surface area contributed by atoms with Gasteiger partial charge >= 0.3 is 0 Å². The quantitative estimate of drug-likeness (QED) is 0.626. The zero-order chi connectivity index (χ0) is 17.8. The summed E-state index contributed by atoms with van der Waals surface area (Å²) in [5.74, 6) is 2.54. The van der Waals surface area contributed by atoms with Gasteiger partial charge in [0.1, 0.15) is 0 Å². The molecule has 2 fully saturated rings. The van der Waals surface area contributed by atoms with Crippen molar-refractivity contribution in [2.24, 2.45) is 4.99 Å². The highest BCUT2D eigenvalue weighted by Gasteiger charge is 2.30. The Balaban J connectivity index is 1.34. The fourth-order valence-electron chi connectivity index (χ4n) is 4.23. The Morgan fingerprint density at radius 1 is 1.19 bits per heavy atom. The third-order valence-corrected chi connectivity index (χ3v) is 5.60. The van der Waals surface area contributed by atoms with Crippen LogP contribution in [0.1, 0.15) is 44.6 Å². The van der Waals surface area contributed by atoms with Gasteiger partial charge in [0.2, 0.25) is 6.79 Å². The number of ether oxygens (including phenoxy) is 2. The molecule has 2 heterocycles. The number of aliphatic imine (C=N–C) groups is 1. The van der Waals surface area contributed by atoms with Crippen LogP contribution in [0.3, 0.4) is 0 Å². The Morgan fingerprint density at radius 3 is 2.88 bits per heavy atom. The highest BCUT2D eigenvalue weighted by molar-refractivity contribution is 5.80. The summed E-state index contributed by atoms with van der Waals surface area (Å²) in [6.07, 6.45) is 6.76. The Morgan fingerprint density at radius 2 is 2.04 bits per heavy atom. The van der Waals surface area contributed by atoms with Crippen molar-refractivity contribution in [2.45, 2.75) is 57.7 Å². The van der Waals surface area contributed by atoms with E-state index in [9.17, 15) is 0 Å². The molecule has 4 rings (SSSR count). The molecule has 1 atom stereocenters. The second-order valence-electron chi connectivity index (χ2n) is 7.45. The maximum Gasteiger partial charge on any atom is 0.231 e. The van der Waals surface area contributed by atoms with Crippen LogP contribution in [-0.4, -0.2) is 49.4 Å². The minimum atomic E-state index is 0.311. The molecule has 1 saturated heterocycles. The smallest absolute Gasteiger partial charge is 0.231 e. The summed E-state index contributed by atoms with van der Waals surface area (Å²) in [6, 6.07) is 7.34. The lowest BCUT2D eigenvalue weighted by molar-refractivity contribution is 0.174. The van der Waals surface area contributed by atoms with E-state index in [-0.39, 0.29) is 0 Å². The van der Waals surface area contributed by atoms with Crippen LogP contribution in [0.25, 0.3) is 0 Å². The van der Waals surface area contributed by atoms with Crippen LogP contribution in [0.4, 0.5) is 0 Å². The molecule has 0 bridgehead atoms. The molecular formula is C20H30N4O2. The highest BCUT2D eigenvalue weighted by Crippen LogP contribution is 2.32. The van der Waals surface area contributed by atoms with Crippen molar-refractivity contribution in [1.82, 2.24) is 15.5 Å². The van der Waals surface area contributed by atoms with E-state index >= 15 is 0 Å². The first kappa shape index (κ1) is 17.5. The maximum absolute atomic E-state index is 5.45. The van der Waals surface area contributed by atoms with Gasteiger partial charge in [0.05, 0.1) is 6.54 Å². The first-order valence-electron chi connectivity index (χ1n) is 9.99. The molecule has 2 aliphatic heterocycles. The lowest BCUT2D eigenvalue weighted by atomic mass is 10.2. The van der Waals surface area contributed by atoms with Crippen LogP contribution in [0.15, 0.2) is 23.2 Å². The molecule has 1 aromatic rings. The summed E-state index contributed by atoms with van der Waals surface area (Å²) in [4.78, 5) is 7.45. The molecule has 0 amide bonds. The highest BCUT2D eigenvalue weighted by atomic mass is 16.7. The summed E-state index contributed by atoms with van der Waals surface area (Å²) < 4.78 is 10.8. The van der Waals surface area contributed by atoms with Gasteiger partial charge < -0.3 is 20.1 Å². The predicted octanol–water partition coefficient (Wildman–Crippen LogP) is 2.49. The maximum atomic E-state index is 5.45. The van der Waals surface area contributed by atoms with Crippen molar-refractivity contribution in [3.05, 3.63) is 23.8 Å². The second kappa shape index (κ2) is 8.16. The standard InChI is InChI=1S/C20H30N4O2/c1-2-21-20(22-12-15-7-8-18-19(11-15)26-14-25-18)23-16-9-10-24(13-16)17-5-3-4-6-17/h7-8,11,16-17H,2-6,9-10,12-14H2,1H3,(H2,21,22,23). The van der Waals surface area contributed by atoms with Gasteiger partial charge in [-0.3, -0.25) is 4.90 Å². The van der Waals surface area contributed by atoms with Gasteiger partial charge in [-0.25, -0.2) is 4.99 Å². The van der Waals surface area contributed by atoms with E-state index < -0.39 is 0 Å². The normalized spacial score (nSPS) is 23.6. The van der Waals surface area contributed by atoms with Crippen molar-refractivity contribution in [1.29, 1.82) is 0 Å². The topological polar surface area (TPSA) is 58.1 Å². The van der Waals surface area contributed by atoms with Crippen molar-refractivity contribution in [2.75, 3.05) is 26.4 Å². The molecule has 6 heteroatoms. The molecule has 1 aliphatic carbocycles. The minimum absolute atomic E-state index is 0.311. The van der Waals surface area contributed by atoms with Crippen molar-refractivity contribution < 1.29 is 9.47 Å². The fourth-order valence-corrected chi connectivity index (χ4v) is 4.23. The SMILES string of the molecule is CCNC(=NCc1ccc2c(c1)OCO2)NC1CCN(C2CCCC2)C1. The van der Waals surface area contributed by atoms with Crippen LogP contribution in [-0.2, 0) is 6.54 Å². The molecule has 26 heavy (non-hydrogen) atoms. The summed E-state index contributed by atoms with van der Waals surface area (Å²) in [7, 11) is 0. The van der Waals surface area contributed by atoms with Gasteiger partial charge in [0, 0.05) is 31.7 Å². The molecular weight excluding hydrogens is 328 g/mol. The van der Waals surface area contributed by atoms with Crippen LogP contribution < -0.4 is 20.1 Å². The van der Waals surface area contributed by atoms with E-state index in [1.54, 1.807) is 0 Å². The summed E-state index contributed by atoms with van der Waals surface area (Å²) in [6.45, 7) is 6.27. The van der Waals surface area contributed by atoms with Crippen molar-refractivity contribution in [3.8, 4) is 11.5 Å². The van der Waals surface area contributed by atoms with Crippen LogP contribution in [0.5, 0.6) is 11.5 Å². The molecule has 6 nitrogen and oxygen atoms in total. The van der Waals surface area contributed by atoms with Gasteiger partial charge in [-0.15, -0.1) is 0 Å². The molecule has 0 aromatic heterocycles. The largest absolute Gasteiger partial charge is 0.454 e. The second-order valence-corrected chi connectivity index (χ2v) is 7.45. The summed E-state index contributed by atoms with van der Waals surface area (Å²) in [5, 5.41) is 7.02. The Bertz CT molecular complexity index is 643. The molecule has 0 spiro atoms. The monoisotopic (exact) mass is 358 g/mol. The number of likely N-dealkylation sites (tertiary alicyclic amines) is 1. The summed E-state index contributed by atoms with van der Waals surface area (Å²) >= 11 is 0. The molecule has 1 unspecified atom stereocenters. The van der Waals surface area contributed by atoms with E-state index in [1.807, 2.05) is 12.1 Å².